The number of likely N-dealkylation sites (N-methyl/N-ethyl adjacent to an activating group) is 1. The fourth-order valence-corrected chi connectivity index (χ4v) is 2.14. The molecule has 1 aromatic heterocycles. The molecule has 1 unspecified atom stereocenters. The summed E-state index contributed by atoms with van der Waals surface area (Å²) in [6.45, 7) is 1.76. The van der Waals surface area contributed by atoms with Gasteiger partial charge in [-0.2, -0.15) is 0 Å². The Hall–Kier alpha value is -1.49. The molecule has 2 rings (SSSR count). The Morgan fingerprint density at radius 1 is 1.65 bits per heavy atom. The Kier molecular flexibility index (Phi) is 3.38. The second-order valence-electron chi connectivity index (χ2n) is 4.66. The first-order valence-corrected chi connectivity index (χ1v) is 5.89. The van der Waals surface area contributed by atoms with Gasteiger partial charge in [0.1, 0.15) is 6.20 Å². The van der Waals surface area contributed by atoms with Crippen LogP contribution in [-0.2, 0) is 6.42 Å². The molecule has 5 heteroatoms. The van der Waals surface area contributed by atoms with Crippen molar-refractivity contribution < 1.29 is 4.92 Å². The summed E-state index contributed by atoms with van der Waals surface area (Å²) in [6.07, 6.45) is 4.76. The van der Waals surface area contributed by atoms with Gasteiger partial charge >= 0.3 is 0 Å². The molecule has 5 nitrogen and oxygen atoms in total. The van der Waals surface area contributed by atoms with E-state index in [9.17, 15) is 10.1 Å². The van der Waals surface area contributed by atoms with E-state index < -0.39 is 0 Å². The van der Waals surface area contributed by atoms with Crippen molar-refractivity contribution in [1.82, 2.24) is 10.3 Å². The van der Waals surface area contributed by atoms with Crippen LogP contribution in [0.25, 0.3) is 0 Å². The van der Waals surface area contributed by atoms with Gasteiger partial charge in [0.05, 0.1) is 4.92 Å². The summed E-state index contributed by atoms with van der Waals surface area (Å²) in [5.74, 6) is 0.747. The van der Waals surface area contributed by atoms with Crippen molar-refractivity contribution in [2.45, 2.75) is 32.2 Å². The number of pyridine rings is 1. The third-order valence-corrected chi connectivity index (χ3v) is 3.33. The fraction of sp³-hybridized carbons (Fsp3) is 0.583. The Balaban J connectivity index is 2.11. The minimum Gasteiger partial charge on any atom is -0.316 e. The van der Waals surface area contributed by atoms with E-state index in [0.29, 0.717) is 11.6 Å². The van der Waals surface area contributed by atoms with Gasteiger partial charge in [0, 0.05) is 23.7 Å². The lowest BCUT2D eigenvalue weighted by molar-refractivity contribution is -0.385. The highest BCUT2D eigenvalue weighted by atomic mass is 16.6. The van der Waals surface area contributed by atoms with Crippen LogP contribution in [0.1, 0.15) is 24.1 Å². The molecule has 1 aliphatic carbocycles. The van der Waals surface area contributed by atoms with Crippen LogP contribution < -0.4 is 5.32 Å². The normalized spacial score (nSPS) is 16.8. The minimum atomic E-state index is -0.386. The Morgan fingerprint density at radius 2 is 2.35 bits per heavy atom. The average molecular weight is 235 g/mol. The van der Waals surface area contributed by atoms with Gasteiger partial charge in [-0.25, -0.2) is 0 Å². The quantitative estimate of drug-likeness (QED) is 0.624. The fourth-order valence-electron chi connectivity index (χ4n) is 2.14. The topological polar surface area (TPSA) is 68.1 Å². The van der Waals surface area contributed by atoms with Crippen LogP contribution in [0.15, 0.2) is 12.3 Å². The molecule has 0 spiro atoms. The summed E-state index contributed by atoms with van der Waals surface area (Å²) < 4.78 is 0. The molecule has 17 heavy (non-hydrogen) atoms. The molecule has 1 atom stereocenters. The van der Waals surface area contributed by atoms with E-state index in [1.807, 2.05) is 13.1 Å². The first-order valence-electron chi connectivity index (χ1n) is 5.89. The second-order valence-corrected chi connectivity index (χ2v) is 4.66. The number of nitro groups is 1. The molecule has 0 bridgehead atoms. The van der Waals surface area contributed by atoms with Crippen LogP contribution in [-0.4, -0.2) is 23.0 Å². The van der Waals surface area contributed by atoms with Gasteiger partial charge in [-0.1, -0.05) is 0 Å². The van der Waals surface area contributed by atoms with E-state index in [2.05, 4.69) is 10.3 Å². The molecule has 1 aromatic rings. The van der Waals surface area contributed by atoms with Crippen molar-refractivity contribution in [2.75, 3.05) is 7.05 Å². The van der Waals surface area contributed by atoms with Crippen LogP contribution >= 0.6 is 0 Å². The van der Waals surface area contributed by atoms with E-state index in [4.69, 9.17) is 0 Å². The van der Waals surface area contributed by atoms with Gasteiger partial charge in [-0.15, -0.1) is 0 Å². The third kappa shape index (κ3) is 2.79. The molecule has 1 heterocycles. The van der Waals surface area contributed by atoms with Crippen molar-refractivity contribution >= 4 is 5.69 Å². The molecule has 0 aromatic carbocycles. The molecule has 92 valence electrons. The molecular weight excluding hydrogens is 218 g/mol. The second kappa shape index (κ2) is 4.79. The highest BCUT2D eigenvalue weighted by Crippen LogP contribution is 2.33. The van der Waals surface area contributed by atoms with Gasteiger partial charge in [-0.3, -0.25) is 15.1 Å². The summed E-state index contributed by atoms with van der Waals surface area (Å²) in [5.41, 5.74) is 1.71. The molecular formula is C12H17N3O2. The predicted octanol–water partition coefficient (Wildman–Crippen LogP) is 1.84. The van der Waals surface area contributed by atoms with Crippen molar-refractivity contribution in [1.29, 1.82) is 0 Å². The molecule has 0 aliphatic heterocycles. The zero-order chi connectivity index (χ0) is 12.4. The molecule has 1 aliphatic rings. The zero-order valence-corrected chi connectivity index (χ0v) is 10.1. The Morgan fingerprint density at radius 3 is 2.82 bits per heavy atom. The lowest BCUT2D eigenvalue weighted by Crippen LogP contribution is -2.30. The van der Waals surface area contributed by atoms with Crippen LogP contribution in [0.5, 0.6) is 0 Å². The van der Waals surface area contributed by atoms with Gasteiger partial charge in [0.2, 0.25) is 0 Å². The maximum atomic E-state index is 10.7. The van der Waals surface area contributed by atoms with Gasteiger partial charge < -0.3 is 5.32 Å². The molecule has 1 N–H and O–H groups in total. The average Bonchev–Trinajstić information content (AvgIpc) is 3.09. The third-order valence-electron chi connectivity index (χ3n) is 3.33. The Labute approximate surface area is 100 Å². The number of hydrogen-bond acceptors (Lipinski definition) is 4. The van der Waals surface area contributed by atoms with Crippen LogP contribution in [0.2, 0.25) is 0 Å². The van der Waals surface area contributed by atoms with Crippen LogP contribution in [0.4, 0.5) is 5.69 Å². The number of rotatable bonds is 5. The van der Waals surface area contributed by atoms with Crippen molar-refractivity contribution in [3.05, 3.63) is 33.6 Å². The lowest BCUT2D eigenvalue weighted by Gasteiger charge is -2.14. The Bertz CT molecular complexity index is 430. The number of hydrogen-bond donors (Lipinski definition) is 1. The first-order chi connectivity index (χ1) is 8.11. The van der Waals surface area contributed by atoms with E-state index >= 15 is 0 Å². The summed E-state index contributed by atoms with van der Waals surface area (Å²) in [5, 5.41) is 14.0. The summed E-state index contributed by atoms with van der Waals surface area (Å²) in [6, 6.07) is 2.27. The van der Waals surface area contributed by atoms with Crippen LogP contribution in [0.3, 0.4) is 0 Å². The van der Waals surface area contributed by atoms with Crippen molar-refractivity contribution in [2.24, 2.45) is 5.92 Å². The number of aromatic nitrogens is 1. The summed E-state index contributed by atoms with van der Waals surface area (Å²) in [7, 11) is 1.96. The van der Waals surface area contributed by atoms with Crippen molar-refractivity contribution in [3.8, 4) is 0 Å². The minimum absolute atomic E-state index is 0.0983. The molecule has 1 fully saturated rings. The predicted molar refractivity (Wildman–Crippen MR) is 64.9 cm³/mol. The van der Waals surface area contributed by atoms with Crippen LogP contribution in [0, 0.1) is 23.0 Å². The SMILES string of the molecule is CNC(Cc1cc(C)c([N+](=O)[O-])cn1)C1CC1. The monoisotopic (exact) mass is 235 g/mol. The van der Waals surface area contributed by atoms with Gasteiger partial charge in [0.15, 0.2) is 0 Å². The smallest absolute Gasteiger partial charge is 0.290 e. The molecule has 0 radical (unpaired) electrons. The zero-order valence-electron chi connectivity index (χ0n) is 10.1. The van der Waals surface area contributed by atoms with E-state index in [1.54, 1.807) is 6.92 Å². The summed E-state index contributed by atoms with van der Waals surface area (Å²) in [4.78, 5) is 14.5. The summed E-state index contributed by atoms with van der Waals surface area (Å²) >= 11 is 0. The number of aryl methyl sites for hydroxylation is 1. The van der Waals surface area contributed by atoms with E-state index in [0.717, 1.165) is 18.0 Å². The maximum Gasteiger partial charge on any atom is 0.290 e. The van der Waals surface area contributed by atoms with Gasteiger partial charge in [-0.05, 0) is 38.8 Å². The molecule has 1 saturated carbocycles. The van der Waals surface area contributed by atoms with E-state index in [1.165, 1.54) is 19.0 Å². The molecule has 0 saturated heterocycles. The van der Waals surface area contributed by atoms with Crippen molar-refractivity contribution in [3.63, 3.8) is 0 Å². The number of nitrogens with zero attached hydrogens (tertiary/aromatic N) is 2. The molecule has 0 amide bonds. The highest BCUT2D eigenvalue weighted by Gasteiger charge is 2.30. The largest absolute Gasteiger partial charge is 0.316 e. The standard InChI is InChI=1S/C12H17N3O2/c1-8-5-10(14-7-12(8)15(16)17)6-11(13-2)9-3-4-9/h5,7,9,11,13H,3-4,6H2,1-2H3. The highest BCUT2D eigenvalue weighted by molar-refractivity contribution is 5.37. The van der Waals surface area contributed by atoms with Gasteiger partial charge in [0.25, 0.3) is 5.69 Å². The number of nitrogens with one attached hydrogen (secondary N) is 1. The first kappa shape index (κ1) is 12.0. The van der Waals surface area contributed by atoms with E-state index in [-0.39, 0.29) is 10.6 Å². The lowest BCUT2D eigenvalue weighted by atomic mass is 10.1. The maximum absolute atomic E-state index is 10.7.